The van der Waals surface area contributed by atoms with Crippen molar-refractivity contribution in [1.29, 1.82) is 0 Å². The fourth-order valence-electron chi connectivity index (χ4n) is 1.87. The molecular formula is C17H16FNO2S. The zero-order chi connectivity index (χ0) is 15.9. The minimum atomic E-state index is -0.270. The van der Waals surface area contributed by atoms with E-state index in [2.05, 4.69) is 5.32 Å². The number of Topliss-reactive ketones (excluding diaryl/α,β-unsaturated/α-hetero) is 1. The van der Waals surface area contributed by atoms with Crippen LogP contribution in [0.3, 0.4) is 0 Å². The minimum Gasteiger partial charge on any atom is -0.325 e. The maximum atomic E-state index is 13.0. The Morgan fingerprint density at radius 3 is 2.50 bits per heavy atom. The molecule has 0 radical (unpaired) electrons. The van der Waals surface area contributed by atoms with E-state index in [0.29, 0.717) is 17.0 Å². The SMILES string of the molecule is CC(=O)c1ccc(NC(=O)CSCc2cccc(F)c2)cc1. The van der Waals surface area contributed by atoms with Gasteiger partial charge in [0.25, 0.3) is 0 Å². The third kappa shape index (κ3) is 5.00. The van der Waals surface area contributed by atoms with Gasteiger partial charge in [-0.3, -0.25) is 9.59 Å². The highest BCUT2D eigenvalue weighted by molar-refractivity contribution is 7.99. The predicted molar refractivity (Wildman–Crippen MR) is 87.6 cm³/mol. The van der Waals surface area contributed by atoms with Gasteiger partial charge in [0, 0.05) is 17.0 Å². The summed E-state index contributed by atoms with van der Waals surface area (Å²) in [7, 11) is 0. The Hall–Kier alpha value is -2.14. The molecule has 22 heavy (non-hydrogen) atoms. The van der Waals surface area contributed by atoms with Crippen LogP contribution in [-0.4, -0.2) is 17.4 Å². The number of nitrogens with one attached hydrogen (secondary N) is 1. The molecule has 0 bridgehead atoms. The molecule has 0 aromatic heterocycles. The summed E-state index contributed by atoms with van der Waals surface area (Å²) in [6, 6.07) is 13.1. The van der Waals surface area contributed by atoms with Crippen LogP contribution in [0.15, 0.2) is 48.5 Å². The van der Waals surface area contributed by atoms with E-state index in [4.69, 9.17) is 0 Å². The molecule has 114 valence electrons. The van der Waals surface area contributed by atoms with Crippen molar-refractivity contribution in [1.82, 2.24) is 0 Å². The van der Waals surface area contributed by atoms with E-state index in [1.165, 1.54) is 30.8 Å². The lowest BCUT2D eigenvalue weighted by Crippen LogP contribution is -2.14. The number of carbonyl (C=O) groups excluding carboxylic acids is 2. The van der Waals surface area contributed by atoms with Gasteiger partial charge in [-0.1, -0.05) is 12.1 Å². The first-order valence-corrected chi connectivity index (χ1v) is 7.93. The number of hydrogen-bond acceptors (Lipinski definition) is 3. The lowest BCUT2D eigenvalue weighted by molar-refractivity contribution is -0.113. The van der Waals surface area contributed by atoms with Crippen LogP contribution in [0.1, 0.15) is 22.8 Å². The second-order valence-corrected chi connectivity index (χ2v) is 5.79. The van der Waals surface area contributed by atoms with Gasteiger partial charge in [0.05, 0.1) is 5.75 Å². The van der Waals surface area contributed by atoms with Gasteiger partial charge in [0.15, 0.2) is 5.78 Å². The van der Waals surface area contributed by atoms with E-state index in [0.717, 1.165) is 5.56 Å². The topological polar surface area (TPSA) is 46.2 Å². The normalized spacial score (nSPS) is 10.3. The van der Waals surface area contributed by atoms with Crippen molar-refractivity contribution in [3.05, 3.63) is 65.5 Å². The molecule has 0 aliphatic rings. The highest BCUT2D eigenvalue weighted by Gasteiger charge is 2.05. The second-order valence-electron chi connectivity index (χ2n) is 4.80. The maximum absolute atomic E-state index is 13.0. The van der Waals surface area contributed by atoms with Crippen LogP contribution < -0.4 is 5.32 Å². The van der Waals surface area contributed by atoms with Gasteiger partial charge in [-0.05, 0) is 48.9 Å². The molecule has 0 fully saturated rings. The molecule has 1 N–H and O–H groups in total. The van der Waals surface area contributed by atoms with Gasteiger partial charge in [-0.25, -0.2) is 4.39 Å². The van der Waals surface area contributed by atoms with Gasteiger partial charge in [-0.15, -0.1) is 11.8 Å². The Labute approximate surface area is 132 Å². The van der Waals surface area contributed by atoms with Crippen LogP contribution in [0.5, 0.6) is 0 Å². The molecule has 0 spiro atoms. The standard InChI is InChI=1S/C17H16FNO2S/c1-12(20)14-5-7-16(8-6-14)19-17(21)11-22-10-13-3-2-4-15(18)9-13/h2-9H,10-11H2,1H3,(H,19,21). The van der Waals surface area contributed by atoms with E-state index in [-0.39, 0.29) is 23.3 Å². The zero-order valence-corrected chi connectivity index (χ0v) is 13.0. The Morgan fingerprint density at radius 2 is 1.86 bits per heavy atom. The van der Waals surface area contributed by atoms with Crippen LogP contribution in [0.25, 0.3) is 0 Å². The summed E-state index contributed by atoms with van der Waals surface area (Å²) in [4.78, 5) is 23.0. The summed E-state index contributed by atoms with van der Waals surface area (Å²) in [5.74, 6) is 0.452. The third-order valence-corrected chi connectivity index (χ3v) is 3.97. The van der Waals surface area contributed by atoms with Gasteiger partial charge in [-0.2, -0.15) is 0 Å². The average molecular weight is 317 g/mol. The van der Waals surface area contributed by atoms with Gasteiger partial charge < -0.3 is 5.32 Å². The Kier molecular flexibility index (Phi) is 5.72. The second kappa shape index (κ2) is 7.75. The van der Waals surface area contributed by atoms with Gasteiger partial charge in [0.2, 0.25) is 5.91 Å². The Morgan fingerprint density at radius 1 is 1.14 bits per heavy atom. The number of benzene rings is 2. The van der Waals surface area contributed by atoms with E-state index in [9.17, 15) is 14.0 Å². The summed E-state index contributed by atoms with van der Waals surface area (Å²) in [5.41, 5.74) is 2.11. The molecule has 0 saturated heterocycles. The number of carbonyl (C=O) groups is 2. The van der Waals surface area contributed by atoms with Crippen molar-refractivity contribution in [3.8, 4) is 0 Å². The highest BCUT2D eigenvalue weighted by atomic mass is 32.2. The van der Waals surface area contributed by atoms with E-state index in [1.807, 2.05) is 6.07 Å². The number of thioether (sulfide) groups is 1. The molecule has 0 aliphatic carbocycles. The Bertz CT molecular complexity index is 671. The third-order valence-electron chi connectivity index (χ3n) is 2.97. The van der Waals surface area contributed by atoms with Gasteiger partial charge >= 0.3 is 0 Å². The minimum absolute atomic E-state index is 0.0106. The van der Waals surface area contributed by atoms with Crippen LogP contribution >= 0.6 is 11.8 Å². The first-order chi connectivity index (χ1) is 10.5. The summed E-state index contributed by atoms with van der Waals surface area (Å²) in [5, 5.41) is 2.76. The molecule has 2 aromatic rings. The fourth-order valence-corrected chi connectivity index (χ4v) is 2.65. The van der Waals surface area contributed by atoms with Crippen molar-refractivity contribution in [2.45, 2.75) is 12.7 Å². The molecule has 5 heteroatoms. The summed E-state index contributed by atoms with van der Waals surface area (Å²) < 4.78 is 13.0. The highest BCUT2D eigenvalue weighted by Crippen LogP contribution is 2.15. The summed E-state index contributed by atoms with van der Waals surface area (Å²) in [6.45, 7) is 1.50. The number of anilines is 1. The van der Waals surface area contributed by atoms with Crippen molar-refractivity contribution in [2.75, 3.05) is 11.1 Å². The van der Waals surface area contributed by atoms with E-state index in [1.54, 1.807) is 30.3 Å². The molecule has 1 amide bonds. The lowest BCUT2D eigenvalue weighted by atomic mass is 10.1. The summed E-state index contributed by atoms with van der Waals surface area (Å²) >= 11 is 1.42. The zero-order valence-electron chi connectivity index (χ0n) is 12.1. The molecule has 2 aromatic carbocycles. The van der Waals surface area contributed by atoms with Crippen LogP contribution in [-0.2, 0) is 10.5 Å². The van der Waals surface area contributed by atoms with Crippen LogP contribution in [0, 0.1) is 5.82 Å². The number of amides is 1. The molecule has 0 saturated carbocycles. The number of rotatable bonds is 6. The lowest BCUT2D eigenvalue weighted by Gasteiger charge is -2.06. The molecule has 3 nitrogen and oxygen atoms in total. The quantitative estimate of drug-likeness (QED) is 0.822. The first kappa shape index (κ1) is 16.2. The van der Waals surface area contributed by atoms with E-state index >= 15 is 0 Å². The Balaban J connectivity index is 1.79. The number of halogens is 1. The summed E-state index contributed by atoms with van der Waals surface area (Å²) in [6.07, 6.45) is 0. The number of hydrogen-bond donors (Lipinski definition) is 1. The van der Waals surface area contributed by atoms with Crippen LogP contribution in [0.4, 0.5) is 10.1 Å². The average Bonchev–Trinajstić information content (AvgIpc) is 2.48. The van der Waals surface area contributed by atoms with Gasteiger partial charge in [0.1, 0.15) is 5.82 Å². The molecule has 0 unspecified atom stereocenters. The van der Waals surface area contributed by atoms with Crippen molar-refractivity contribution in [2.24, 2.45) is 0 Å². The molecule has 0 atom stereocenters. The molecular weight excluding hydrogens is 301 g/mol. The van der Waals surface area contributed by atoms with E-state index < -0.39 is 0 Å². The predicted octanol–water partition coefficient (Wildman–Crippen LogP) is 3.90. The molecule has 0 heterocycles. The van der Waals surface area contributed by atoms with Crippen molar-refractivity contribution >= 4 is 29.1 Å². The maximum Gasteiger partial charge on any atom is 0.234 e. The van der Waals surface area contributed by atoms with Crippen molar-refractivity contribution < 1.29 is 14.0 Å². The molecule has 2 rings (SSSR count). The van der Waals surface area contributed by atoms with Crippen LogP contribution in [0.2, 0.25) is 0 Å². The van der Waals surface area contributed by atoms with Crippen molar-refractivity contribution in [3.63, 3.8) is 0 Å². The molecule has 0 aliphatic heterocycles. The number of ketones is 1. The first-order valence-electron chi connectivity index (χ1n) is 6.77. The fraction of sp³-hybridized carbons (Fsp3) is 0.176. The smallest absolute Gasteiger partial charge is 0.234 e. The largest absolute Gasteiger partial charge is 0.325 e. The monoisotopic (exact) mass is 317 g/mol.